The fourth-order valence-electron chi connectivity index (χ4n) is 0.909. The second kappa shape index (κ2) is 8.23. The van der Waals surface area contributed by atoms with Crippen LogP contribution in [0.25, 0.3) is 0 Å². The van der Waals surface area contributed by atoms with Gasteiger partial charge < -0.3 is 16.0 Å². The molecular weight excluding hydrogens is 194 g/mol. The Morgan fingerprint density at radius 2 is 1.87 bits per heavy atom. The molecule has 0 aromatic heterocycles. The van der Waals surface area contributed by atoms with E-state index in [1.165, 1.54) is 0 Å². The maximum absolute atomic E-state index is 11.2. The van der Waals surface area contributed by atoms with Gasteiger partial charge in [0.05, 0.1) is 6.54 Å². The topological polar surface area (TPSA) is 70.2 Å². The molecule has 0 saturated heterocycles. The van der Waals surface area contributed by atoms with Crippen molar-refractivity contribution in [3.63, 3.8) is 0 Å². The van der Waals surface area contributed by atoms with Gasteiger partial charge in [0.1, 0.15) is 0 Å². The van der Waals surface area contributed by atoms with Crippen LogP contribution in [0.15, 0.2) is 0 Å². The first-order chi connectivity index (χ1) is 7.06. The van der Waals surface area contributed by atoms with E-state index >= 15 is 0 Å². The highest BCUT2D eigenvalue weighted by Crippen LogP contribution is 1.86. The fraction of sp³-hybridized carbons (Fsp3) is 0.800. The Hall–Kier alpha value is -1.10. The summed E-state index contributed by atoms with van der Waals surface area (Å²) in [6.07, 6.45) is 0.397. The van der Waals surface area contributed by atoms with Crippen LogP contribution < -0.4 is 16.0 Å². The summed E-state index contributed by atoms with van der Waals surface area (Å²) in [6, 6.07) is 0. The van der Waals surface area contributed by atoms with E-state index in [1.807, 2.05) is 13.8 Å². The zero-order chi connectivity index (χ0) is 11.7. The van der Waals surface area contributed by atoms with Crippen molar-refractivity contribution in [3.05, 3.63) is 0 Å². The molecule has 0 unspecified atom stereocenters. The smallest absolute Gasteiger partial charge is 0.233 e. The lowest BCUT2D eigenvalue weighted by Crippen LogP contribution is -2.37. The summed E-state index contributed by atoms with van der Waals surface area (Å²) in [5.41, 5.74) is 0. The maximum Gasteiger partial charge on any atom is 0.233 e. The van der Waals surface area contributed by atoms with E-state index in [1.54, 1.807) is 7.05 Å². The van der Waals surface area contributed by atoms with Crippen LogP contribution in [0.2, 0.25) is 0 Å². The third-order valence-electron chi connectivity index (χ3n) is 1.80. The van der Waals surface area contributed by atoms with Gasteiger partial charge in [-0.25, -0.2) is 0 Å². The molecule has 0 saturated carbocycles. The first-order valence-electron chi connectivity index (χ1n) is 5.24. The molecule has 0 atom stereocenters. The van der Waals surface area contributed by atoms with Gasteiger partial charge in [-0.2, -0.15) is 0 Å². The maximum atomic E-state index is 11.2. The SMILES string of the molecule is CNC(=O)CCNCC(=O)NCC(C)C. The van der Waals surface area contributed by atoms with E-state index < -0.39 is 0 Å². The van der Waals surface area contributed by atoms with Crippen molar-refractivity contribution in [1.29, 1.82) is 0 Å². The molecule has 0 aromatic carbocycles. The van der Waals surface area contributed by atoms with Crippen molar-refractivity contribution in [2.24, 2.45) is 5.92 Å². The van der Waals surface area contributed by atoms with Gasteiger partial charge in [0.2, 0.25) is 11.8 Å². The van der Waals surface area contributed by atoms with Crippen molar-refractivity contribution in [3.8, 4) is 0 Å². The third kappa shape index (κ3) is 9.21. The summed E-state index contributed by atoms with van der Waals surface area (Å²) in [5.74, 6) is 0.408. The minimum Gasteiger partial charge on any atom is -0.359 e. The van der Waals surface area contributed by atoms with Crippen LogP contribution in [0.3, 0.4) is 0 Å². The second-order valence-electron chi connectivity index (χ2n) is 3.80. The molecule has 0 aliphatic carbocycles. The molecular formula is C10H21N3O2. The van der Waals surface area contributed by atoms with Crippen LogP contribution in [-0.2, 0) is 9.59 Å². The average molecular weight is 215 g/mol. The van der Waals surface area contributed by atoms with Gasteiger partial charge in [0.15, 0.2) is 0 Å². The summed E-state index contributed by atoms with van der Waals surface area (Å²) in [6.45, 7) is 5.56. The molecule has 0 aliphatic heterocycles. The Kier molecular flexibility index (Phi) is 7.62. The molecule has 3 N–H and O–H groups in total. The molecule has 0 spiro atoms. The number of rotatable bonds is 7. The molecule has 0 radical (unpaired) electrons. The van der Waals surface area contributed by atoms with Crippen LogP contribution >= 0.6 is 0 Å². The monoisotopic (exact) mass is 215 g/mol. The Labute approximate surface area is 91.0 Å². The molecule has 5 nitrogen and oxygen atoms in total. The molecule has 0 bridgehead atoms. The summed E-state index contributed by atoms with van der Waals surface area (Å²) in [7, 11) is 1.59. The number of hydrogen-bond acceptors (Lipinski definition) is 3. The molecule has 88 valence electrons. The Morgan fingerprint density at radius 3 is 2.40 bits per heavy atom. The lowest BCUT2D eigenvalue weighted by Gasteiger charge is -2.08. The summed E-state index contributed by atoms with van der Waals surface area (Å²) >= 11 is 0. The lowest BCUT2D eigenvalue weighted by atomic mass is 10.2. The van der Waals surface area contributed by atoms with Crippen LogP contribution in [0.4, 0.5) is 0 Å². The van der Waals surface area contributed by atoms with E-state index in [2.05, 4.69) is 16.0 Å². The molecule has 0 fully saturated rings. The van der Waals surface area contributed by atoms with Crippen LogP contribution in [0.1, 0.15) is 20.3 Å². The Morgan fingerprint density at radius 1 is 1.20 bits per heavy atom. The Bertz CT molecular complexity index is 205. The van der Waals surface area contributed by atoms with Gasteiger partial charge in [-0.3, -0.25) is 9.59 Å². The van der Waals surface area contributed by atoms with Crippen molar-refractivity contribution >= 4 is 11.8 Å². The zero-order valence-electron chi connectivity index (χ0n) is 9.72. The molecule has 0 heterocycles. The largest absolute Gasteiger partial charge is 0.359 e. The molecule has 0 rings (SSSR count). The van der Waals surface area contributed by atoms with E-state index in [0.29, 0.717) is 25.4 Å². The first-order valence-corrected chi connectivity index (χ1v) is 5.24. The minimum atomic E-state index is -0.0272. The Balaban J connectivity index is 3.35. The quantitative estimate of drug-likeness (QED) is 0.501. The molecule has 0 aromatic rings. The number of carbonyl (C=O) groups is 2. The molecule has 2 amide bonds. The van der Waals surface area contributed by atoms with Gasteiger partial charge in [-0.15, -0.1) is 0 Å². The van der Waals surface area contributed by atoms with Crippen LogP contribution in [-0.4, -0.2) is 38.5 Å². The summed E-state index contributed by atoms with van der Waals surface area (Å²) < 4.78 is 0. The van der Waals surface area contributed by atoms with Gasteiger partial charge in [0, 0.05) is 26.6 Å². The van der Waals surface area contributed by atoms with E-state index in [-0.39, 0.29) is 18.4 Å². The predicted molar refractivity (Wildman–Crippen MR) is 59.4 cm³/mol. The minimum absolute atomic E-state index is 0.0231. The number of hydrogen-bond donors (Lipinski definition) is 3. The average Bonchev–Trinajstić information content (AvgIpc) is 2.21. The first kappa shape index (κ1) is 13.9. The molecule has 0 aliphatic rings. The molecule has 5 heteroatoms. The highest BCUT2D eigenvalue weighted by Gasteiger charge is 2.02. The number of carbonyl (C=O) groups excluding carboxylic acids is 2. The standard InChI is InChI=1S/C10H21N3O2/c1-8(2)6-13-10(15)7-12-5-4-9(14)11-3/h8,12H,4-7H2,1-3H3,(H,11,14)(H,13,15). The third-order valence-corrected chi connectivity index (χ3v) is 1.80. The number of amides is 2. The predicted octanol–water partition coefficient (Wildman–Crippen LogP) is -0.516. The van der Waals surface area contributed by atoms with Gasteiger partial charge in [0.25, 0.3) is 0 Å². The van der Waals surface area contributed by atoms with Crippen molar-refractivity contribution in [2.45, 2.75) is 20.3 Å². The van der Waals surface area contributed by atoms with Crippen molar-refractivity contribution in [2.75, 3.05) is 26.7 Å². The fourth-order valence-corrected chi connectivity index (χ4v) is 0.909. The van der Waals surface area contributed by atoms with Gasteiger partial charge in [-0.1, -0.05) is 13.8 Å². The number of nitrogens with one attached hydrogen (secondary N) is 3. The summed E-state index contributed by atoms with van der Waals surface area (Å²) in [5, 5.41) is 8.20. The van der Waals surface area contributed by atoms with Gasteiger partial charge in [-0.05, 0) is 5.92 Å². The van der Waals surface area contributed by atoms with E-state index in [0.717, 1.165) is 0 Å². The normalized spacial score (nSPS) is 10.1. The van der Waals surface area contributed by atoms with Crippen LogP contribution in [0.5, 0.6) is 0 Å². The highest BCUT2D eigenvalue weighted by atomic mass is 16.2. The lowest BCUT2D eigenvalue weighted by molar-refractivity contribution is -0.122. The van der Waals surface area contributed by atoms with Crippen molar-refractivity contribution in [1.82, 2.24) is 16.0 Å². The van der Waals surface area contributed by atoms with Crippen LogP contribution in [0, 0.1) is 5.92 Å². The zero-order valence-corrected chi connectivity index (χ0v) is 9.72. The highest BCUT2D eigenvalue weighted by molar-refractivity contribution is 5.78. The van der Waals surface area contributed by atoms with Crippen molar-refractivity contribution < 1.29 is 9.59 Å². The second-order valence-corrected chi connectivity index (χ2v) is 3.80. The van der Waals surface area contributed by atoms with Gasteiger partial charge >= 0.3 is 0 Å². The van der Waals surface area contributed by atoms with E-state index in [9.17, 15) is 9.59 Å². The van der Waals surface area contributed by atoms with E-state index in [4.69, 9.17) is 0 Å². The summed E-state index contributed by atoms with van der Waals surface area (Å²) in [4.78, 5) is 22.0. The molecule has 15 heavy (non-hydrogen) atoms.